The highest BCUT2D eigenvalue weighted by atomic mass is 35.5. The first-order chi connectivity index (χ1) is 11.5. The summed E-state index contributed by atoms with van der Waals surface area (Å²) in [7, 11) is 0. The maximum atomic E-state index is 12.3. The Balaban J connectivity index is 1.77. The minimum Gasteiger partial charge on any atom is -0.324 e. The standard InChI is InChI=1S/C17H14ClN3O2S/c1-10(15(22)19-14-9-5-3-7-12(14)18)24-17-20-13-8-4-2-6-11(13)16(23)21-17/h2-10H,1H3,(H,19,22)(H,20,21,23). The average Bonchev–Trinajstić information content (AvgIpc) is 2.57. The van der Waals surface area contributed by atoms with Crippen molar-refractivity contribution in [2.75, 3.05) is 5.32 Å². The molecule has 0 bridgehead atoms. The molecule has 0 fully saturated rings. The lowest BCUT2D eigenvalue weighted by molar-refractivity contribution is -0.115. The van der Waals surface area contributed by atoms with Crippen molar-refractivity contribution < 1.29 is 4.79 Å². The zero-order valence-corrected chi connectivity index (χ0v) is 14.3. The molecule has 0 aliphatic rings. The third kappa shape index (κ3) is 3.60. The lowest BCUT2D eigenvalue weighted by Gasteiger charge is -2.12. The molecule has 0 spiro atoms. The summed E-state index contributed by atoms with van der Waals surface area (Å²) in [6.07, 6.45) is 0. The van der Waals surface area contributed by atoms with Crippen LogP contribution < -0.4 is 10.9 Å². The van der Waals surface area contributed by atoms with Gasteiger partial charge in [0.2, 0.25) is 5.91 Å². The topological polar surface area (TPSA) is 74.8 Å². The van der Waals surface area contributed by atoms with Gasteiger partial charge >= 0.3 is 0 Å². The fraction of sp³-hybridized carbons (Fsp3) is 0.118. The number of anilines is 1. The molecule has 1 amide bonds. The zero-order valence-electron chi connectivity index (χ0n) is 12.7. The maximum Gasteiger partial charge on any atom is 0.259 e. The fourth-order valence-electron chi connectivity index (χ4n) is 2.14. The molecule has 3 aromatic rings. The van der Waals surface area contributed by atoms with Crippen LogP contribution in [-0.2, 0) is 4.79 Å². The van der Waals surface area contributed by atoms with Gasteiger partial charge in [0, 0.05) is 0 Å². The van der Waals surface area contributed by atoms with Crippen LogP contribution in [0.25, 0.3) is 10.9 Å². The molecule has 2 aromatic carbocycles. The van der Waals surface area contributed by atoms with Gasteiger partial charge in [-0.1, -0.05) is 47.6 Å². The summed E-state index contributed by atoms with van der Waals surface area (Å²) < 4.78 is 0. The number of H-pyrrole nitrogens is 1. The van der Waals surface area contributed by atoms with E-state index in [0.29, 0.717) is 26.8 Å². The molecule has 0 radical (unpaired) electrons. The number of benzene rings is 2. The number of hydrogen-bond acceptors (Lipinski definition) is 4. The number of halogens is 1. The number of thioether (sulfide) groups is 1. The smallest absolute Gasteiger partial charge is 0.259 e. The Morgan fingerprint density at radius 3 is 2.71 bits per heavy atom. The van der Waals surface area contributed by atoms with Crippen molar-refractivity contribution in [1.29, 1.82) is 0 Å². The van der Waals surface area contributed by atoms with Crippen LogP contribution in [0, 0.1) is 0 Å². The summed E-state index contributed by atoms with van der Waals surface area (Å²) in [6.45, 7) is 1.74. The zero-order chi connectivity index (χ0) is 17.1. The monoisotopic (exact) mass is 359 g/mol. The Kier molecular flexibility index (Phi) is 4.87. The first-order valence-corrected chi connectivity index (χ1v) is 8.51. The Labute approximate surface area is 147 Å². The number of aromatic amines is 1. The van der Waals surface area contributed by atoms with E-state index in [0.717, 1.165) is 0 Å². The van der Waals surface area contributed by atoms with Gasteiger partial charge in [0.25, 0.3) is 5.56 Å². The number of hydrogen-bond donors (Lipinski definition) is 2. The molecule has 122 valence electrons. The molecular weight excluding hydrogens is 346 g/mol. The number of rotatable bonds is 4. The predicted octanol–water partition coefficient (Wildman–Crippen LogP) is 3.70. The molecule has 1 heterocycles. The second-order valence-corrected chi connectivity index (χ2v) is 6.85. The predicted molar refractivity (Wildman–Crippen MR) is 97.8 cm³/mol. The van der Waals surface area contributed by atoms with Crippen LogP contribution in [0.5, 0.6) is 0 Å². The number of nitrogens with one attached hydrogen (secondary N) is 2. The van der Waals surface area contributed by atoms with Crippen molar-refractivity contribution in [1.82, 2.24) is 9.97 Å². The number of para-hydroxylation sites is 2. The fourth-order valence-corrected chi connectivity index (χ4v) is 3.13. The second kappa shape index (κ2) is 7.07. The molecule has 2 N–H and O–H groups in total. The SMILES string of the molecule is CC(Sc1nc2ccccc2c(=O)[nH]1)C(=O)Nc1ccccc1Cl. The van der Waals surface area contributed by atoms with Crippen LogP contribution >= 0.6 is 23.4 Å². The summed E-state index contributed by atoms with van der Waals surface area (Å²) in [6, 6.07) is 14.1. The van der Waals surface area contributed by atoms with Gasteiger partial charge in [-0.25, -0.2) is 4.98 Å². The summed E-state index contributed by atoms with van der Waals surface area (Å²) in [5.74, 6) is -0.219. The van der Waals surface area contributed by atoms with Gasteiger partial charge in [0.15, 0.2) is 5.16 Å². The van der Waals surface area contributed by atoms with E-state index in [1.807, 2.05) is 6.07 Å². The molecule has 1 unspecified atom stereocenters. The third-order valence-electron chi connectivity index (χ3n) is 3.38. The first-order valence-electron chi connectivity index (χ1n) is 7.25. The Hall–Kier alpha value is -2.31. The van der Waals surface area contributed by atoms with Crippen molar-refractivity contribution in [3.63, 3.8) is 0 Å². The van der Waals surface area contributed by atoms with Gasteiger partial charge in [-0.2, -0.15) is 0 Å². The quantitative estimate of drug-likeness (QED) is 0.550. The molecule has 3 rings (SSSR count). The van der Waals surface area contributed by atoms with Crippen LogP contribution in [0.4, 0.5) is 5.69 Å². The first kappa shape index (κ1) is 16.5. The Morgan fingerprint density at radius 2 is 1.92 bits per heavy atom. The summed E-state index contributed by atoms with van der Waals surface area (Å²) in [4.78, 5) is 31.5. The number of amides is 1. The lowest BCUT2D eigenvalue weighted by Crippen LogP contribution is -2.23. The molecule has 1 atom stereocenters. The molecule has 0 aliphatic carbocycles. The van der Waals surface area contributed by atoms with E-state index in [4.69, 9.17) is 11.6 Å². The molecule has 7 heteroatoms. The van der Waals surface area contributed by atoms with Crippen molar-refractivity contribution in [2.24, 2.45) is 0 Å². The van der Waals surface area contributed by atoms with Crippen LogP contribution in [0.15, 0.2) is 58.5 Å². The van der Waals surface area contributed by atoms with Crippen LogP contribution in [0.1, 0.15) is 6.92 Å². The summed E-state index contributed by atoms with van der Waals surface area (Å²) in [5.41, 5.74) is 0.931. The van der Waals surface area contributed by atoms with Gasteiger partial charge in [0.1, 0.15) is 0 Å². The normalized spacial score (nSPS) is 12.1. The minimum atomic E-state index is -0.453. The van der Waals surface area contributed by atoms with E-state index < -0.39 is 5.25 Å². The third-order valence-corrected chi connectivity index (χ3v) is 4.69. The van der Waals surface area contributed by atoms with E-state index in [1.165, 1.54) is 11.8 Å². The van der Waals surface area contributed by atoms with E-state index in [-0.39, 0.29) is 11.5 Å². The molecular formula is C17H14ClN3O2S. The van der Waals surface area contributed by atoms with Gasteiger partial charge < -0.3 is 10.3 Å². The number of carbonyl (C=O) groups is 1. The van der Waals surface area contributed by atoms with Crippen molar-refractivity contribution in [3.05, 3.63) is 63.9 Å². The Morgan fingerprint density at radius 1 is 1.21 bits per heavy atom. The van der Waals surface area contributed by atoms with Crippen molar-refractivity contribution in [2.45, 2.75) is 17.3 Å². The van der Waals surface area contributed by atoms with E-state index >= 15 is 0 Å². The molecule has 5 nitrogen and oxygen atoms in total. The summed E-state index contributed by atoms with van der Waals surface area (Å²) in [5, 5.41) is 3.72. The largest absolute Gasteiger partial charge is 0.324 e. The molecule has 0 saturated carbocycles. The molecule has 1 aromatic heterocycles. The van der Waals surface area contributed by atoms with Crippen molar-refractivity contribution >= 4 is 45.9 Å². The van der Waals surface area contributed by atoms with Gasteiger partial charge in [0.05, 0.1) is 26.9 Å². The van der Waals surface area contributed by atoms with E-state index in [9.17, 15) is 9.59 Å². The number of carbonyl (C=O) groups excluding carboxylic acids is 1. The molecule has 0 saturated heterocycles. The number of aromatic nitrogens is 2. The highest BCUT2D eigenvalue weighted by molar-refractivity contribution is 8.00. The highest BCUT2D eigenvalue weighted by Gasteiger charge is 2.17. The highest BCUT2D eigenvalue weighted by Crippen LogP contribution is 2.24. The van der Waals surface area contributed by atoms with Gasteiger partial charge in [-0.15, -0.1) is 0 Å². The average molecular weight is 360 g/mol. The van der Waals surface area contributed by atoms with Crippen molar-refractivity contribution in [3.8, 4) is 0 Å². The second-order valence-electron chi connectivity index (χ2n) is 5.12. The maximum absolute atomic E-state index is 12.3. The number of nitrogens with zero attached hydrogens (tertiary/aromatic N) is 1. The molecule has 24 heavy (non-hydrogen) atoms. The Bertz CT molecular complexity index is 958. The minimum absolute atomic E-state index is 0.219. The van der Waals surface area contributed by atoms with E-state index in [1.54, 1.807) is 49.4 Å². The molecule has 0 aliphatic heterocycles. The van der Waals surface area contributed by atoms with E-state index in [2.05, 4.69) is 15.3 Å². The lowest BCUT2D eigenvalue weighted by atomic mass is 10.2. The van der Waals surface area contributed by atoms with Crippen LogP contribution in [-0.4, -0.2) is 21.1 Å². The van der Waals surface area contributed by atoms with Crippen LogP contribution in [0.2, 0.25) is 5.02 Å². The van der Waals surface area contributed by atoms with Gasteiger partial charge in [-0.05, 0) is 31.2 Å². The van der Waals surface area contributed by atoms with Gasteiger partial charge in [-0.3, -0.25) is 9.59 Å². The number of fused-ring (bicyclic) bond motifs is 1. The van der Waals surface area contributed by atoms with Crippen LogP contribution in [0.3, 0.4) is 0 Å². The summed E-state index contributed by atoms with van der Waals surface area (Å²) >= 11 is 7.22.